The van der Waals surface area contributed by atoms with E-state index in [9.17, 15) is 14.4 Å². The number of rotatable bonds is 5. The Labute approximate surface area is 181 Å². The number of esters is 1. The molecule has 0 bridgehead atoms. The van der Waals surface area contributed by atoms with Gasteiger partial charge in [-0.25, -0.2) is 0 Å². The first-order chi connectivity index (χ1) is 15.0. The van der Waals surface area contributed by atoms with Gasteiger partial charge in [0.25, 0.3) is 5.91 Å². The van der Waals surface area contributed by atoms with Crippen LogP contribution in [0, 0.1) is 5.92 Å². The minimum Gasteiger partial charge on any atom is -0.495 e. The minimum absolute atomic E-state index is 0.0460. The Morgan fingerprint density at radius 2 is 1.77 bits per heavy atom. The van der Waals surface area contributed by atoms with Crippen LogP contribution in [0.4, 0.5) is 11.4 Å². The Morgan fingerprint density at radius 1 is 1.06 bits per heavy atom. The molecule has 0 aliphatic carbocycles. The van der Waals surface area contributed by atoms with Gasteiger partial charge in [0.1, 0.15) is 5.75 Å². The lowest BCUT2D eigenvalue weighted by Gasteiger charge is -2.31. The maximum absolute atomic E-state index is 13.0. The molecule has 0 saturated carbocycles. The number of methoxy groups -OCH3 is 1. The van der Waals surface area contributed by atoms with E-state index >= 15 is 0 Å². The van der Waals surface area contributed by atoms with Gasteiger partial charge in [-0.3, -0.25) is 14.4 Å². The van der Waals surface area contributed by atoms with E-state index in [1.54, 1.807) is 24.0 Å². The van der Waals surface area contributed by atoms with Gasteiger partial charge in [0.15, 0.2) is 6.10 Å². The molecule has 2 heterocycles. The predicted octanol–water partition coefficient (Wildman–Crippen LogP) is 2.96. The SMILES string of the molecule is COc1ccccc1N1C[C@H](C(=O)O[C@@H](C)C(=O)N2CCCc3ccccc32)CC1=O. The van der Waals surface area contributed by atoms with E-state index in [1.807, 2.05) is 36.4 Å². The maximum atomic E-state index is 13.0. The van der Waals surface area contributed by atoms with Crippen molar-refractivity contribution in [1.29, 1.82) is 0 Å². The van der Waals surface area contributed by atoms with Gasteiger partial charge in [0, 0.05) is 25.2 Å². The summed E-state index contributed by atoms with van der Waals surface area (Å²) in [6.45, 7) is 2.39. The van der Waals surface area contributed by atoms with Crippen LogP contribution in [0.15, 0.2) is 48.5 Å². The monoisotopic (exact) mass is 422 g/mol. The van der Waals surface area contributed by atoms with Crippen LogP contribution in [-0.4, -0.2) is 44.1 Å². The zero-order valence-corrected chi connectivity index (χ0v) is 17.7. The maximum Gasteiger partial charge on any atom is 0.312 e. The van der Waals surface area contributed by atoms with E-state index in [2.05, 4.69) is 0 Å². The predicted molar refractivity (Wildman–Crippen MR) is 116 cm³/mol. The number of ether oxygens (including phenoxy) is 2. The highest BCUT2D eigenvalue weighted by atomic mass is 16.5. The molecule has 0 aromatic heterocycles. The van der Waals surface area contributed by atoms with E-state index in [1.165, 1.54) is 12.0 Å². The van der Waals surface area contributed by atoms with Crippen LogP contribution < -0.4 is 14.5 Å². The molecule has 0 unspecified atom stereocenters. The van der Waals surface area contributed by atoms with Crippen molar-refractivity contribution in [3.05, 3.63) is 54.1 Å². The van der Waals surface area contributed by atoms with E-state index in [0.717, 1.165) is 24.1 Å². The largest absolute Gasteiger partial charge is 0.495 e. The topological polar surface area (TPSA) is 76.2 Å². The van der Waals surface area contributed by atoms with Crippen molar-refractivity contribution in [1.82, 2.24) is 0 Å². The summed E-state index contributed by atoms with van der Waals surface area (Å²) in [5, 5.41) is 0. The molecule has 2 atom stereocenters. The number of fused-ring (bicyclic) bond motifs is 1. The number of aryl methyl sites for hydroxylation is 1. The van der Waals surface area contributed by atoms with Crippen LogP contribution >= 0.6 is 0 Å². The third-order valence-electron chi connectivity index (χ3n) is 5.85. The van der Waals surface area contributed by atoms with Crippen LogP contribution in [0.1, 0.15) is 25.3 Å². The molecule has 1 fully saturated rings. The van der Waals surface area contributed by atoms with Crippen molar-refractivity contribution < 1.29 is 23.9 Å². The molecule has 4 rings (SSSR count). The van der Waals surface area contributed by atoms with Crippen molar-refractivity contribution in [3.63, 3.8) is 0 Å². The Hall–Kier alpha value is -3.35. The molecular weight excluding hydrogens is 396 g/mol. The van der Waals surface area contributed by atoms with E-state index < -0.39 is 18.0 Å². The molecule has 2 aromatic carbocycles. The van der Waals surface area contributed by atoms with Crippen molar-refractivity contribution >= 4 is 29.2 Å². The molecule has 7 heteroatoms. The standard InChI is InChI=1S/C24H26N2O5/c1-16(23(28)25-13-7-9-17-8-3-4-10-19(17)25)31-24(29)18-14-22(27)26(15-18)20-11-5-6-12-21(20)30-2/h3-6,8,10-12,16,18H,7,9,13-15H2,1-2H3/t16-,18+/m0/s1. The average Bonchev–Trinajstić information content (AvgIpc) is 3.19. The molecule has 2 aromatic rings. The first-order valence-electron chi connectivity index (χ1n) is 10.5. The number of carbonyl (C=O) groups is 3. The van der Waals surface area contributed by atoms with E-state index in [4.69, 9.17) is 9.47 Å². The van der Waals surface area contributed by atoms with E-state index in [0.29, 0.717) is 18.0 Å². The second kappa shape index (κ2) is 8.79. The lowest BCUT2D eigenvalue weighted by molar-refractivity contribution is -0.157. The molecule has 0 radical (unpaired) electrons. The molecule has 2 amide bonds. The third-order valence-corrected chi connectivity index (χ3v) is 5.85. The molecule has 0 spiro atoms. The lowest BCUT2D eigenvalue weighted by Crippen LogP contribution is -2.43. The summed E-state index contributed by atoms with van der Waals surface area (Å²) in [5.74, 6) is -1.00. The number of carbonyl (C=O) groups excluding carboxylic acids is 3. The summed E-state index contributed by atoms with van der Waals surface area (Å²) in [5.41, 5.74) is 2.62. The van der Waals surface area contributed by atoms with Crippen molar-refractivity contribution in [2.24, 2.45) is 5.92 Å². The van der Waals surface area contributed by atoms with Crippen LogP contribution in [0.3, 0.4) is 0 Å². The molecule has 7 nitrogen and oxygen atoms in total. The van der Waals surface area contributed by atoms with Crippen molar-refractivity contribution in [3.8, 4) is 5.75 Å². The third kappa shape index (κ3) is 4.13. The second-order valence-electron chi connectivity index (χ2n) is 7.88. The van der Waals surface area contributed by atoms with Crippen LogP contribution in [0.25, 0.3) is 0 Å². The summed E-state index contributed by atoms with van der Waals surface area (Å²) < 4.78 is 10.8. The van der Waals surface area contributed by atoms with Gasteiger partial charge in [-0.05, 0) is 43.5 Å². The summed E-state index contributed by atoms with van der Waals surface area (Å²) >= 11 is 0. The van der Waals surface area contributed by atoms with Gasteiger partial charge < -0.3 is 19.3 Å². The normalized spacial score (nSPS) is 19.0. The first kappa shape index (κ1) is 20.9. The summed E-state index contributed by atoms with van der Waals surface area (Å²) in [7, 11) is 1.54. The minimum atomic E-state index is -0.922. The van der Waals surface area contributed by atoms with Crippen molar-refractivity contribution in [2.45, 2.75) is 32.3 Å². The zero-order chi connectivity index (χ0) is 22.0. The van der Waals surface area contributed by atoms with E-state index in [-0.39, 0.29) is 24.8 Å². The Balaban J connectivity index is 1.42. The Bertz CT molecular complexity index is 1000. The Morgan fingerprint density at radius 3 is 2.55 bits per heavy atom. The number of hydrogen-bond donors (Lipinski definition) is 0. The molecule has 1 saturated heterocycles. The fourth-order valence-electron chi connectivity index (χ4n) is 4.25. The summed E-state index contributed by atoms with van der Waals surface area (Å²) in [6, 6.07) is 15.0. The Kier molecular flexibility index (Phi) is 5.93. The molecular formula is C24H26N2O5. The second-order valence-corrected chi connectivity index (χ2v) is 7.88. The number of anilines is 2. The number of amides is 2. The fourth-order valence-corrected chi connectivity index (χ4v) is 4.25. The lowest BCUT2D eigenvalue weighted by atomic mass is 10.0. The number of nitrogens with zero attached hydrogens (tertiary/aromatic N) is 2. The average molecular weight is 422 g/mol. The highest BCUT2D eigenvalue weighted by Crippen LogP contribution is 2.33. The molecule has 2 aliphatic heterocycles. The number of hydrogen-bond acceptors (Lipinski definition) is 5. The van der Waals surface area contributed by atoms with Gasteiger partial charge in [0.2, 0.25) is 5.91 Å². The number of para-hydroxylation sites is 3. The summed E-state index contributed by atoms with van der Waals surface area (Å²) in [6.07, 6.45) is 0.921. The highest BCUT2D eigenvalue weighted by molar-refractivity contribution is 6.02. The van der Waals surface area contributed by atoms with Gasteiger partial charge in [-0.15, -0.1) is 0 Å². The van der Waals surface area contributed by atoms with Crippen molar-refractivity contribution in [2.75, 3.05) is 30.0 Å². The molecule has 2 aliphatic rings. The quantitative estimate of drug-likeness (QED) is 0.693. The van der Waals surface area contributed by atoms with Crippen LogP contribution in [-0.2, 0) is 25.5 Å². The molecule has 0 N–H and O–H groups in total. The summed E-state index contributed by atoms with van der Waals surface area (Å²) in [4.78, 5) is 41.5. The fraction of sp³-hybridized carbons (Fsp3) is 0.375. The molecule has 31 heavy (non-hydrogen) atoms. The number of benzene rings is 2. The van der Waals surface area contributed by atoms with Crippen LogP contribution in [0.2, 0.25) is 0 Å². The van der Waals surface area contributed by atoms with Gasteiger partial charge in [-0.2, -0.15) is 0 Å². The van der Waals surface area contributed by atoms with Gasteiger partial charge in [0.05, 0.1) is 18.7 Å². The van der Waals surface area contributed by atoms with Crippen LogP contribution in [0.5, 0.6) is 5.75 Å². The van der Waals surface area contributed by atoms with Gasteiger partial charge >= 0.3 is 5.97 Å². The zero-order valence-electron chi connectivity index (χ0n) is 17.7. The first-order valence-corrected chi connectivity index (χ1v) is 10.5. The smallest absolute Gasteiger partial charge is 0.312 e. The highest BCUT2D eigenvalue weighted by Gasteiger charge is 2.39. The molecule has 162 valence electrons. The van der Waals surface area contributed by atoms with Gasteiger partial charge in [-0.1, -0.05) is 30.3 Å².